The van der Waals surface area contributed by atoms with Crippen molar-refractivity contribution in [3.05, 3.63) is 89.3 Å². The molecule has 0 fully saturated rings. The van der Waals surface area contributed by atoms with Gasteiger partial charge in [-0.1, -0.05) is 30.4 Å². The van der Waals surface area contributed by atoms with E-state index in [4.69, 9.17) is 4.74 Å². The Morgan fingerprint density at radius 2 is 1.79 bits per heavy atom. The molecule has 0 aliphatic heterocycles. The first-order valence-corrected chi connectivity index (χ1v) is 10.6. The molecule has 5 nitrogen and oxygen atoms in total. The largest absolute Gasteiger partial charge is 0.484 e. The quantitative estimate of drug-likeness (QED) is 0.525. The minimum absolute atomic E-state index is 0.0496. The number of carbonyl (C=O) groups excluding carboxylic acids is 1. The highest BCUT2D eigenvalue weighted by Gasteiger charge is 2.30. The Bertz CT molecular complexity index is 1150. The number of rotatable bonds is 6. The first kappa shape index (κ1) is 22.6. The van der Waals surface area contributed by atoms with E-state index in [1.165, 1.54) is 12.1 Å². The van der Waals surface area contributed by atoms with E-state index in [0.717, 1.165) is 29.1 Å². The highest BCUT2D eigenvalue weighted by atomic mass is 19.4. The summed E-state index contributed by atoms with van der Waals surface area (Å²) in [5.74, 6) is 0.478. The minimum Gasteiger partial charge on any atom is -0.484 e. The predicted molar refractivity (Wildman–Crippen MR) is 118 cm³/mol. The Morgan fingerprint density at radius 3 is 2.45 bits per heavy atom. The Labute approximate surface area is 189 Å². The van der Waals surface area contributed by atoms with E-state index < -0.39 is 11.7 Å². The van der Waals surface area contributed by atoms with Gasteiger partial charge < -0.3 is 10.1 Å². The van der Waals surface area contributed by atoms with Crippen LogP contribution in [0.1, 0.15) is 34.9 Å². The predicted octanol–water partition coefficient (Wildman–Crippen LogP) is 5.12. The fourth-order valence-electron chi connectivity index (χ4n) is 4.17. The third-order valence-corrected chi connectivity index (χ3v) is 5.70. The van der Waals surface area contributed by atoms with Crippen LogP contribution in [0.15, 0.2) is 66.7 Å². The van der Waals surface area contributed by atoms with Gasteiger partial charge in [-0.05, 0) is 56.7 Å². The molecular weight excluding hydrogens is 431 g/mol. The number of halogens is 3. The van der Waals surface area contributed by atoms with E-state index in [0.29, 0.717) is 17.9 Å². The van der Waals surface area contributed by atoms with E-state index in [-0.39, 0.29) is 24.5 Å². The number of hydrogen-bond acceptors (Lipinski definition) is 3. The second-order valence-electron chi connectivity index (χ2n) is 8.04. The third-order valence-electron chi connectivity index (χ3n) is 5.70. The van der Waals surface area contributed by atoms with Crippen LogP contribution in [0.25, 0.3) is 5.69 Å². The van der Waals surface area contributed by atoms with Crippen LogP contribution in [0.5, 0.6) is 5.75 Å². The molecule has 2 atom stereocenters. The van der Waals surface area contributed by atoms with Crippen LogP contribution in [-0.2, 0) is 11.0 Å². The number of ether oxygens (including phenoxy) is 1. The van der Waals surface area contributed by atoms with Crippen molar-refractivity contribution in [2.45, 2.75) is 38.4 Å². The SMILES string of the molecule is Cc1nn(-c2ccc(C(F)(F)F)cc2)c(C)c1[C@H]1C=C[C@@H](NC(=O)COc2ccccc2)C1. The van der Waals surface area contributed by atoms with Crippen LogP contribution in [-0.4, -0.2) is 28.3 Å². The molecule has 1 amide bonds. The average molecular weight is 455 g/mol. The molecule has 0 spiro atoms. The number of para-hydroxylation sites is 1. The average Bonchev–Trinajstić information content (AvgIpc) is 3.35. The first-order valence-electron chi connectivity index (χ1n) is 10.6. The van der Waals surface area contributed by atoms with Crippen LogP contribution in [0.3, 0.4) is 0 Å². The maximum Gasteiger partial charge on any atom is 0.416 e. The topological polar surface area (TPSA) is 56.2 Å². The number of benzene rings is 2. The number of alkyl halides is 3. The molecule has 172 valence electrons. The number of hydrogen-bond donors (Lipinski definition) is 1. The van der Waals surface area contributed by atoms with Crippen molar-refractivity contribution in [3.8, 4) is 11.4 Å². The van der Waals surface area contributed by atoms with Gasteiger partial charge in [0.15, 0.2) is 6.61 Å². The van der Waals surface area contributed by atoms with Gasteiger partial charge in [0.2, 0.25) is 0 Å². The molecule has 1 aliphatic rings. The van der Waals surface area contributed by atoms with Gasteiger partial charge in [0, 0.05) is 23.2 Å². The van der Waals surface area contributed by atoms with E-state index in [1.807, 2.05) is 44.2 Å². The molecule has 1 aliphatic carbocycles. The lowest BCUT2D eigenvalue weighted by molar-refractivity contribution is -0.137. The van der Waals surface area contributed by atoms with Crippen molar-refractivity contribution < 1.29 is 22.7 Å². The summed E-state index contributed by atoms with van der Waals surface area (Å²) in [6, 6.07) is 14.0. The lowest BCUT2D eigenvalue weighted by Crippen LogP contribution is -2.36. The van der Waals surface area contributed by atoms with Crippen LogP contribution in [0, 0.1) is 13.8 Å². The zero-order valence-corrected chi connectivity index (χ0v) is 18.3. The fourth-order valence-corrected chi connectivity index (χ4v) is 4.17. The number of carbonyl (C=O) groups is 1. The number of nitrogens with zero attached hydrogens (tertiary/aromatic N) is 2. The highest BCUT2D eigenvalue weighted by molar-refractivity contribution is 5.78. The summed E-state index contributed by atoms with van der Waals surface area (Å²) in [5.41, 5.74) is 2.56. The van der Waals surface area contributed by atoms with Crippen LogP contribution < -0.4 is 10.1 Å². The third kappa shape index (κ3) is 5.10. The Balaban J connectivity index is 1.41. The second kappa shape index (κ2) is 9.13. The molecular formula is C25H24F3N3O2. The molecule has 1 N–H and O–H groups in total. The van der Waals surface area contributed by atoms with Gasteiger partial charge in [-0.3, -0.25) is 4.79 Å². The number of nitrogens with one attached hydrogen (secondary N) is 1. The fraction of sp³-hybridized carbons (Fsp3) is 0.280. The zero-order valence-electron chi connectivity index (χ0n) is 18.3. The van der Waals surface area contributed by atoms with Gasteiger partial charge in [0.05, 0.1) is 16.9 Å². The molecule has 3 aromatic rings. The molecule has 33 heavy (non-hydrogen) atoms. The minimum atomic E-state index is -4.38. The van der Waals surface area contributed by atoms with E-state index in [1.54, 1.807) is 16.8 Å². The van der Waals surface area contributed by atoms with Crippen LogP contribution >= 0.6 is 0 Å². The molecule has 1 aromatic heterocycles. The molecule has 0 saturated heterocycles. The summed E-state index contributed by atoms with van der Waals surface area (Å²) in [5, 5.41) is 7.52. The standard InChI is InChI=1S/C25H24F3N3O2/c1-16-24(17(2)31(30-16)21-12-9-19(10-13-21)25(26,27)28)18-8-11-20(14-18)29-23(32)15-33-22-6-4-3-5-7-22/h3-13,18,20H,14-15H2,1-2H3,(H,29,32)/t18-,20+/m0/s1. The Hall–Kier alpha value is -3.55. The lowest BCUT2D eigenvalue weighted by atomic mass is 9.96. The van der Waals surface area contributed by atoms with Crippen LogP contribution in [0.4, 0.5) is 13.2 Å². The summed E-state index contributed by atoms with van der Waals surface area (Å²) < 4.78 is 45.8. The lowest BCUT2D eigenvalue weighted by Gasteiger charge is -2.15. The first-order chi connectivity index (χ1) is 15.7. The van der Waals surface area contributed by atoms with Gasteiger partial charge in [-0.15, -0.1) is 0 Å². The second-order valence-corrected chi connectivity index (χ2v) is 8.04. The summed E-state index contributed by atoms with van der Waals surface area (Å²) in [6.45, 7) is 3.72. The van der Waals surface area contributed by atoms with E-state index in [2.05, 4.69) is 10.4 Å². The number of aryl methyl sites for hydroxylation is 1. The number of amides is 1. The normalized spacial score (nSPS) is 17.8. The summed E-state index contributed by atoms with van der Waals surface area (Å²) in [7, 11) is 0. The molecule has 0 saturated carbocycles. The summed E-state index contributed by atoms with van der Waals surface area (Å²) >= 11 is 0. The molecule has 2 aromatic carbocycles. The van der Waals surface area contributed by atoms with Gasteiger partial charge in [-0.2, -0.15) is 18.3 Å². The van der Waals surface area contributed by atoms with Crippen molar-refractivity contribution in [3.63, 3.8) is 0 Å². The molecule has 0 bridgehead atoms. The summed E-state index contributed by atoms with van der Waals surface area (Å²) in [6.07, 6.45) is 0.299. The van der Waals surface area contributed by atoms with Gasteiger partial charge in [0.1, 0.15) is 5.75 Å². The molecule has 1 heterocycles. The molecule has 0 unspecified atom stereocenters. The van der Waals surface area contributed by atoms with Gasteiger partial charge in [-0.25, -0.2) is 4.68 Å². The monoisotopic (exact) mass is 455 g/mol. The van der Waals surface area contributed by atoms with Crippen molar-refractivity contribution in [1.29, 1.82) is 0 Å². The van der Waals surface area contributed by atoms with Crippen molar-refractivity contribution in [2.75, 3.05) is 6.61 Å². The maximum atomic E-state index is 12.9. The van der Waals surface area contributed by atoms with E-state index in [9.17, 15) is 18.0 Å². The number of allylic oxidation sites excluding steroid dienone is 1. The van der Waals surface area contributed by atoms with Crippen LogP contribution in [0.2, 0.25) is 0 Å². The summed E-state index contributed by atoms with van der Waals surface area (Å²) in [4.78, 5) is 12.3. The van der Waals surface area contributed by atoms with Crippen molar-refractivity contribution in [2.24, 2.45) is 0 Å². The Morgan fingerprint density at radius 1 is 1.09 bits per heavy atom. The number of aromatic nitrogens is 2. The smallest absolute Gasteiger partial charge is 0.416 e. The van der Waals surface area contributed by atoms with Crippen molar-refractivity contribution in [1.82, 2.24) is 15.1 Å². The molecule has 4 rings (SSSR count). The van der Waals surface area contributed by atoms with Gasteiger partial charge >= 0.3 is 6.18 Å². The van der Waals surface area contributed by atoms with Crippen molar-refractivity contribution >= 4 is 5.91 Å². The Kier molecular flexibility index (Phi) is 6.26. The van der Waals surface area contributed by atoms with Gasteiger partial charge in [0.25, 0.3) is 5.91 Å². The van der Waals surface area contributed by atoms with E-state index >= 15 is 0 Å². The highest BCUT2D eigenvalue weighted by Crippen LogP contribution is 2.34. The molecule has 0 radical (unpaired) electrons. The zero-order chi connectivity index (χ0) is 23.6. The molecule has 8 heteroatoms. The maximum absolute atomic E-state index is 12.9.